The molecule has 0 bridgehead atoms. The molecule has 2 heterocycles. The van der Waals surface area contributed by atoms with Crippen molar-refractivity contribution in [3.63, 3.8) is 0 Å². The number of ether oxygens (including phenoxy) is 1. The number of tetrazole rings is 1. The van der Waals surface area contributed by atoms with Crippen molar-refractivity contribution in [2.75, 3.05) is 18.9 Å². The molecule has 3 rings (SSSR count). The Morgan fingerprint density at radius 3 is 2.96 bits per heavy atom. The number of nitrogens with zero attached hydrogens (tertiary/aromatic N) is 5. The SMILES string of the molecule is CCOc1ccccc1-n1nnnc1SCC(=O)N1CCCCC1CC. The highest BCUT2D eigenvalue weighted by molar-refractivity contribution is 7.99. The number of benzene rings is 1. The smallest absolute Gasteiger partial charge is 0.233 e. The predicted molar refractivity (Wildman–Crippen MR) is 101 cm³/mol. The van der Waals surface area contributed by atoms with Crippen LogP contribution < -0.4 is 4.74 Å². The van der Waals surface area contributed by atoms with Gasteiger partial charge in [0.25, 0.3) is 0 Å². The molecule has 1 aromatic carbocycles. The van der Waals surface area contributed by atoms with Gasteiger partial charge in [0.15, 0.2) is 0 Å². The zero-order valence-corrected chi connectivity index (χ0v) is 16.1. The van der Waals surface area contributed by atoms with E-state index in [1.165, 1.54) is 18.2 Å². The molecular weight excluding hydrogens is 350 g/mol. The molecular formula is C18H25N5O2S. The molecule has 1 aliphatic rings. The van der Waals surface area contributed by atoms with Gasteiger partial charge in [-0.15, -0.1) is 5.10 Å². The molecule has 8 heteroatoms. The minimum atomic E-state index is 0.161. The van der Waals surface area contributed by atoms with Crippen LogP contribution in [0.25, 0.3) is 5.69 Å². The number of rotatable bonds is 7. The van der Waals surface area contributed by atoms with Crippen LogP contribution in [0.15, 0.2) is 29.4 Å². The number of likely N-dealkylation sites (tertiary alicyclic amines) is 1. The molecule has 0 aliphatic carbocycles. The molecule has 1 fully saturated rings. The first-order valence-corrected chi connectivity index (χ1v) is 10.2. The van der Waals surface area contributed by atoms with Gasteiger partial charge in [-0.3, -0.25) is 4.79 Å². The number of aromatic nitrogens is 4. The third-order valence-corrected chi connectivity index (χ3v) is 5.48. The first-order valence-electron chi connectivity index (χ1n) is 9.17. The maximum absolute atomic E-state index is 12.7. The van der Waals surface area contributed by atoms with E-state index in [4.69, 9.17) is 4.74 Å². The van der Waals surface area contributed by atoms with Crippen molar-refractivity contribution in [3.05, 3.63) is 24.3 Å². The zero-order chi connectivity index (χ0) is 18.4. The largest absolute Gasteiger partial charge is 0.492 e. The van der Waals surface area contributed by atoms with E-state index < -0.39 is 0 Å². The van der Waals surface area contributed by atoms with Crippen LogP contribution in [-0.4, -0.2) is 56.0 Å². The van der Waals surface area contributed by atoms with Crippen molar-refractivity contribution in [2.45, 2.75) is 50.7 Å². The van der Waals surface area contributed by atoms with E-state index in [9.17, 15) is 4.79 Å². The zero-order valence-electron chi connectivity index (χ0n) is 15.3. The van der Waals surface area contributed by atoms with Crippen molar-refractivity contribution in [1.82, 2.24) is 25.1 Å². The molecule has 1 aliphatic heterocycles. The van der Waals surface area contributed by atoms with E-state index in [1.807, 2.05) is 36.1 Å². The minimum absolute atomic E-state index is 0.161. The normalized spacial score (nSPS) is 17.3. The van der Waals surface area contributed by atoms with Gasteiger partial charge in [0.05, 0.1) is 12.4 Å². The molecule has 0 radical (unpaired) electrons. The Labute approximate surface area is 158 Å². The van der Waals surface area contributed by atoms with Crippen LogP contribution >= 0.6 is 11.8 Å². The molecule has 1 amide bonds. The van der Waals surface area contributed by atoms with Crippen LogP contribution in [-0.2, 0) is 4.79 Å². The molecule has 7 nitrogen and oxygen atoms in total. The summed E-state index contributed by atoms with van der Waals surface area (Å²) in [6, 6.07) is 7.99. The number of para-hydroxylation sites is 2. The first-order chi connectivity index (χ1) is 12.7. The lowest BCUT2D eigenvalue weighted by Gasteiger charge is -2.35. The molecule has 1 aromatic heterocycles. The summed E-state index contributed by atoms with van der Waals surface area (Å²) in [6.07, 6.45) is 4.41. The number of carbonyl (C=O) groups excluding carboxylic acids is 1. The van der Waals surface area contributed by atoms with Crippen molar-refractivity contribution in [1.29, 1.82) is 0 Å². The van der Waals surface area contributed by atoms with Gasteiger partial charge >= 0.3 is 0 Å². The second-order valence-electron chi connectivity index (χ2n) is 6.21. The summed E-state index contributed by atoms with van der Waals surface area (Å²) in [7, 11) is 0. The summed E-state index contributed by atoms with van der Waals surface area (Å²) < 4.78 is 7.30. The Bertz CT molecular complexity index is 736. The minimum Gasteiger partial charge on any atom is -0.492 e. The summed E-state index contributed by atoms with van der Waals surface area (Å²) >= 11 is 1.37. The topological polar surface area (TPSA) is 73.1 Å². The van der Waals surface area contributed by atoms with Crippen LogP contribution in [0.4, 0.5) is 0 Å². The average molecular weight is 375 g/mol. The maximum Gasteiger partial charge on any atom is 0.233 e. The number of carbonyl (C=O) groups is 1. The molecule has 0 saturated carbocycles. The van der Waals surface area contributed by atoms with E-state index in [0.29, 0.717) is 23.6 Å². The van der Waals surface area contributed by atoms with E-state index in [2.05, 4.69) is 22.4 Å². The van der Waals surface area contributed by atoms with Crippen LogP contribution in [0.1, 0.15) is 39.5 Å². The molecule has 0 N–H and O–H groups in total. The molecule has 1 unspecified atom stereocenters. The average Bonchev–Trinajstić information content (AvgIpc) is 3.15. The Hall–Kier alpha value is -2.09. The van der Waals surface area contributed by atoms with Gasteiger partial charge < -0.3 is 9.64 Å². The standard InChI is InChI=1S/C18H25N5O2S/c1-3-14-9-7-8-12-22(14)17(24)13-26-18-19-20-21-23(18)15-10-5-6-11-16(15)25-4-2/h5-6,10-11,14H,3-4,7-9,12-13H2,1-2H3. The third kappa shape index (κ3) is 4.17. The molecule has 140 valence electrons. The molecule has 1 atom stereocenters. The van der Waals surface area contributed by atoms with Gasteiger partial charge in [-0.1, -0.05) is 30.8 Å². The summed E-state index contributed by atoms with van der Waals surface area (Å²) in [5, 5.41) is 12.5. The lowest BCUT2D eigenvalue weighted by atomic mass is 10.0. The van der Waals surface area contributed by atoms with Gasteiger partial charge in [0.1, 0.15) is 11.4 Å². The number of hydrogen-bond acceptors (Lipinski definition) is 6. The first kappa shape index (κ1) is 18.7. The molecule has 2 aromatic rings. The fourth-order valence-electron chi connectivity index (χ4n) is 3.29. The van der Waals surface area contributed by atoms with Gasteiger partial charge in [0, 0.05) is 12.6 Å². The summed E-state index contributed by atoms with van der Waals surface area (Å²) in [5.74, 6) is 1.22. The molecule has 26 heavy (non-hydrogen) atoms. The Morgan fingerprint density at radius 2 is 2.15 bits per heavy atom. The van der Waals surface area contributed by atoms with Crippen LogP contribution in [0, 0.1) is 0 Å². The number of amides is 1. The maximum atomic E-state index is 12.7. The van der Waals surface area contributed by atoms with E-state index in [-0.39, 0.29) is 5.91 Å². The Balaban J connectivity index is 1.71. The van der Waals surface area contributed by atoms with Crippen LogP contribution in [0.5, 0.6) is 5.75 Å². The third-order valence-electron chi connectivity index (χ3n) is 4.58. The fraction of sp³-hybridized carbons (Fsp3) is 0.556. The Kier molecular flexibility index (Phi) is 6.49. The summed E-state index contributed by atoms with van der Waals surface area (Å²) in [6.45, 7) is 5.51. The molecule has 0 spiro atoms. The number of thioether (sulfide) groups is 1. The summed E-state index contributed by atoms with van der Waals surface area (Å²) in [5.41, 5.74) is 0.777. The number of hydrogen-bond donors (Lipinski definition) is 0. The lowest BCUT2D eigenvalue weighted by molar-refractivity contribution is -0.132. The fourth-order valence-corrected chi connectivity index (χ4v) is 4.06. The molecule has 1 saturated heterocycles. The van der Waals surface area contributed by atoms with Crippen molar-refractivity contribution < 1.29 is 9.53 Å². The van der Waals surface area contributed by atoms with Crippen molar-refractivity contribution >= 4 is 17.7 Å². The van der Waals surface area contributed by atoms with Gasteiger partial charge in [-0.25, -0.2) is 0 Å². The number of piperidine rings is 1. The van der Waals surface area contributed by atoms with Crippen molar-refractivity contribution in [3.8, 4) is 11.4 Å². The Morgan fingerprint density at radius 1 is 1.31 bits per heavy atom. The highest BCUT2D eigenvalue weighted by Gasteiger charge is 2.25. The van der Waals surface area contributed by atoms with E-state index in [1.54, 1.807) is 4.68 Å². The van der Waals surface area contributed by atoms with Crippen molar-refractivity contribution in [2.24, 2.45) is 0 Å². The van der Waals surface area contributed by atoms with Crippen LogP contribution in [0.2, 0.25) is 0 Å². The van der Waals surface area contributed by atoms with Crippen LogP contribution in [0.3, 0.4) is 0 Å². The predicted octanol–water partition coefficient (Wildman–Crippen LogP) is 2.94. The van der Waals surface area contributed by atoms with E-state index >= 15 is 0 Å². The van der Waals surface area contributed by atoms with Gasteiger partial charge in [0.2, 0.25) is 11.1 Å². The monoisotopic (exact) mass is 375 g/mol. The van der Waals surface area contributed by atoms with Gasteiger partial charge in [-0.05, 0) is 55.2 Å². The highest BCUT2D eigenvalue weighted by Crippen LogP contribution is 2.27. The highest BCUT2D eigenvalue weighted by atomic mass is 32.2. The second-order valence-corrected chi connectivity index (χ2v) is 7.15. The van der Waals surface area contributed by atoms with E-state index in [0.717, 1.165) is 37.2 Å². The lowest BCUT2D eigenvalue weighted by Crippen LogP contribution is -2.44. The second kappa shape index (κ2) is 9.02. The van der Waals surface area contributed by atoms with Gasteiger partial charge in [-0.2, -0.15) is 4.68 Å². The summed E-state index contributed by atoms with van der Waals surface area (Å²) in [4.78, 5) is 14.7. The quantitative estimate of drug-likeness (QED) is 0.693.